The van der Waals surface area contributed by atoms with Gasteiger partial charge in [0.05, 0.1) is 0 Å². The zero-order valence-electron chi connectivity index (χ0n) is 5.80. The molecule has 11 heavy (non-hydrogen) atoms. The van der Waals surface area contributed by atoms with E-state index in [0.717, 1.165) is 6.92 Å². The molecule has 0 aromatic rings. The van der Waals surface area contributed by atoms with E-state index in [9.17, 15) is 9.36 Å². The fraction of sp³-hybridized carbons (Fsp3) is 0.750. The molecule has 66 valence electrons. The fourth-order valence-corrected chi connectivity index (χ4v) is 1.00. The van der Waals surface area contributed by atoms with Gasteiger partial charge >= 0.3 is 13.6 Å². The summed E-state index contributed by atoms with van der Waals surface area (Å²) in [6, 6.07) is 0. The molecule has 0 amide bonds. The van der Waals surface area contributed by atoms with Gasteiger partial charge in [0, 0.05) is 0 Å². The maximum atomic E-state index is 10.7. The summed E-state index contributed by atoms with van der Waals surface area (Å²) in [5, 5.41) is 16.3. The molecular formula is C4H9O6P. The van der Waals surface area contributed by atoms with Crippen LogP contribution in [-0.2, 0) is 13.9 Å². The van der Waals surface area contributed by atoms with Crippen molar-refractivity contribution in [2.24, 2.45) is 0 Å². The molecule has 0 aliphatic rings. The highest BCUT2D eigenvalue weighted by Crippen LogP contribution is 2.46. The second kappa shape index (κ2) is 3.82. The number of aliphatic hydroxyl groups excluding tert-OH is 1. The van der Waals surface area contributed by atoms with Crippen LogP contribution < -0.4 is 0 Å². The summed E-state index contributed by atoms with van der Waals surface area (Å²) in [5.41, 5.74) is -1.52. The van der Waals surface area contributed by atoms with E-state index in [1.807, 2.05) is 0 Å². The lowest BCUT2D eigenvalue weighted by atomic mass is 10.5. The number of aliphatic carboxylic acids is 1. The van der Waals surface area contributed by atoms with Crippen LogP contribution in [0.15, 0.2) is 0 Å². The maximum Gasteiger partial charge on any atom is 0.344 e. The van der Waals surface area contributed by atoms with Crippen molar-refractivity contribution < 1.29 is 29.0 Å². The molecule has 0 saturated heterocycles. The van der Waals surface area contributed by atoms with Crippen LogP contribution in [0.2, 0.25) is 0 Å². The van der Waals surface area contributed by atoms with E-state index in [1.54, 1.807) is 0 Å². The van der Waals surface area contributed by atoms with Gasteiger partial charge in [-0.1, -0.05) is 0 Å². The van der Waals surface area contributed by atoms with Crippen LogP contribution in [-0.4, -0.2) is 33.5 Å². The number of carboxylic acids is 1. The SMILES string of the molecule is CC(C(=O)O)P(=O)(O)OCO. The second-order valence-corrected chi connectivity index (χ2v) is 4.00. The number of carbonyl (C=O) groups is 1. The normalized spacial score (nSPS) is 18.8. The van der Waals surface area contributed by atoms with Crippen molar-refractivity contribution in [2.45, 2.75) is 12.6 Å². The summed E-state index contributed by atoms with van der Waals surface area (Å²) in [4.78, 5) is 18.9. The molecular weight excluding hydrogens is 175 g/mol. The topological polar surface area (TPSA) is 104 Å². The molecule has 2 atom stereocenters. The first-order valence-electron chi connectivity index (χ1n) is 2.72. The lowest BCUT2D eigenvalue weighted by molar-refractivity contribution is -0.136. The first kappa shape index (κ1) is 10.6. The average Bonchev–Trinajstić information content (AvgIpc) is 1.86. The number of hydrogen-bond donors (Lipinski definition) is 3. The predicted molar refractivity (Wildman–Crippen MR) is 35.1 cm³/mol. The number of aliphatic hydroxyl groups is 1. The quantitative estimate of drug-likeness (QED) is 0.406. The third-order valence-electron chi connectivity index (χ3n) is 1.09. The smallest absolute Gasteiger partial charge is 0.344 e. The Balaban J connectivity index is 4.30. The number of rotatable bonds is 4. The first-order chi connectivity index (χ1) is 4.91. The molecule has 7 heteroatoms. The molecule has 0 aromatic carbocycles. The van der Waals surface area contributed by atoms with Gasteiger partial charge in [0.15, 0.2) is 12.5 Å². The van der Waals surface area contributed by atoms with E-state index >= 15 is 0 Å². The van der Waals surface area contributed by atoms with Gasteiger partial charge in [0.2, 0.25) is 0 Å². The highest BCUT2D eigenvalue weighted by atomic mass is 31.2. The molecule has 0 aromatic heterocycles. The van der Waals surface area contributed by atoms with E-state index < -0.39 is 26.0 Å². The highest BCUT2D eigenvalue weighted by Gasteiger charge is 2.34. The van der Waals surface area contributed by atoms with Gasteiger partial charge in [0.1, 0.15) is 0 Å². The summed E-state index contributed by atoms with van der Waals surface area (Å²) in [7, 11) is -4.19. The Labute approximate surface area is 63.0 Å². The van der Waals surface area contributed by atoms with Crippen LogP contribution in [0.1, 0.15) is 6.92 Å². The predicted octanol–water partition coefficient (Wildman–Crippen LogP) is -0.389. The summed E-state index contributed by atoms with van der Waals surface area (Å²) < 4.78 is 14.7. The monoisotopic (exact) mass is 184 g/mol. The molecule has 0 radical (unpaired) electrons. The van der Waals surface area contributed by atoms with Crippen LogP contribution in [0.5, 0.6) is 0 Å². The van der Waals surface area contributed by atoms with Crippen molar-refractivity contribution in [2.75, 3.05) is 6.79 Å². The molecule has 6 nitrogen and oxygen atoms in total. The van der Waals surface area contributed by atoms with Gasteiger partial charge in [0.25, 0.3) is 0 Å². The maximum absolute atomic E-state index is 10.7. The van der Waals surface area contributed by atoms with Crippen LogP contribution in [0.3, 0.4) is 0 Å². The van der Waals surface area contributed by atoms with Crippen molar-refractivity contribution in [1.82, 2.24) is 0 Å². The van der Waals surface area contributed by atoms with Crippen molar-refractivity contribution in [1.29, 1.82) is 0 Å². The van der Waals surface area contributed by atoms with Gasteiger partial charge in [-0.25, -0.2) is 0 Å². The van der Waals surface area contributed by atoms with Crippen molar-refractivity contribution in [3.05, 3.63) is 0 Å². The van der Waals surface area contributed by atoms with E-state index in [2.05, 4.69) is 4.52 Å². The van der Waals surface area contributed by atoms with E-state index in [1.165, 1.54) is 0 Å². The Kier molecular flexibility index (Phi) is 3.68. The molecule has 0 spiro atoms. The third-order valence-corrected chi connectivity index (χ3v) is 2.77. The summed E-state index contributed by atoms with van der Waals surface area (Å²) in [6.07, 6.45) is 0. The van der Waals surface area contributed by atoms with Gasteiger partial charge in [-0.05, 0) is 6.92 Å². The molecule has 0 rings (SSSR count). The highest BCUT2D eigenvalue weighted by molar-refractivity contribution is 7.54. The summed E-state index contributed by atoms with van der Waals surface area (Å²) >= 11 is 0. The molecule has 0 aliphatic carbocycles. The van der Waals surface area contributed by atoms with Crippen LogP contribution in [0.25, 0.3) is 0 Å². The Morgan fingerprint density at radius 3 is 2.45 bits per heavy atom. The Morgan fingerprint density at radius 2 is 2.18 bits per heavy atom. The Bertz CT molecular complexity index is 189. The molecule has 3 N–H and O–H groups in total. The molecule has 0 aliphatic heterocycles. The largest absolute Gasteiger partial charge is 0.481 e. The van der Waals surface area contributed by atoms with Gasteiger partial charge in [-0.3, -0.25) is 13.9 Å². The second-order valence-electron chi connectivity index (χ2n) is 1.84. The Morgan fingerprint density at radius 1 is 1.73 bits per heavy atom. The van der Waals surface area contributed by atoms with E-state index in [4.69, 9.17) is 15.1 Å². The molecule has 0 bridgehead atoms. The van der Waals surface area contributed by atoms with Crippen molar-refractivity contribution in [3.63, 3.8) is 0 Å². The van der Waals surface area contributed by atoms with Crippen LogP contribution >= 0.6 is 7.60 Å². The minimum atomic E-state index is -4.19. The van der Waals surface area contributed by atoms with Gasteiger partial charge < -0.3 is 15.1 Å². The fourth-order valence-electron chi connectivity index (χ4n) is 0.334. The zero-order valence-corrected chi connectivity index (χ0v) is 6.69. The van der Waals surface area contributed by atoms with E-state index in [-0.39, 0.29) is 0 Å². The minimum absolute atomic E-state index is 0.967. The zero-order chi connectivity index (χ0) is 9.07. The standard InChI is InChI=1S/C4H9O6P/c1-3(4(6)7)11(8,9)10-2-5/h3,5H,2H2,1H3,(H,6,7)(H,8,9). The van der Waals surface area contributed by atoms with Gasteiger partial charge in [-0.2, -0.15) is 0 Å². The summed E-state index contributed by atoms with van der Waals surface area (Å²) in [6.45, 7) is 0.0597. The first-order valence-corrected chi connectivity index (χ1v) is 4.37. The van der Waals surface area contributed by atoms with Crippen molar-refractivity contribution in [3.8, 4) is 0 Å². The number of hydrogen-bond acceptors (Lipinski definition) is 4. The van der Waals surface area contributed by atoms with Crippen molar-refractivity contribution >= 4 is 13.6 Å². The third kappa shape index (κ3) is 2.98. The Hall–Kier alpha value is -0.420. The lowest BCUT2D eigenvalue weighted by Crippen LogP contribution is -2.17. The minimum Gasteiger partial charge on any atom is -0.481 e. The average molecular weight is 184 g/mol. The molecule has 0 saturated carbocycles. The van der Waals surface area contributed by atoms with Crippen LogP contribution in [0, 0.1) is 0 Å². The van der Waals surface area contributed by atoms with E-state index in [0.29, 0.717) is 0 Å². The lowest BCUT2D eigenvalue weighted by Gasteiger charge is -2.13. The van der Waals surface area contributed by atoms with Crippen LogP contribution in [0.4, 0.5) is 0 Å². The van der Waals surface area contributed by atoms with Gasteiger partial charge in [-0.15, -0.1) is 0 Å². The number of carboxylic acid groups (broad SMARTS) is 1. The summed E-state index contributed by atoms with van der Waals surface area (Å²) in [5.74, 6) is -1.44. The molecule has 0 heterocycles. The molecule has 0 fully saturated rings. The molecule has 2 unspecified atom stereocenters.